The molecule has 0 spiro atoms. The quantitative estimate of drug-likeness (QED) is 0.512. The van der Waals surface area contributed by atoms with Gasteiger partial charge >= 0.3 is 6.36 Å². The van der Waals surface area contributed by atoms with Crippen LogP contribution in [0.4, 0.5) is 18.9 Å². The van der Waals surface area contributed by atoms with Gasteiger partial charge in [0, 0.05) is 6.21 Å². The normalized spacial score (nSPS) is 11.6. The third-order valence-corrected chi connectivity index (χ3v) is 3.05. The fourth-order valence-electron chi connectivity index (χ4n) is 1.92. The minimum absolute atomic E-state index is 0.261. The molecule has 0 saturated carbocycles. The second-order valence-corrected chi connectivity index (χ2v) is 4.87. The van der Waals surface area contributed by atoms with Crippen molar-refractivity contribution >= 4 is 11.9 Å². The molecule has 2 aromatic carbocycles. The Morgan fingerprint density at radius 1 is 1.00 bits per heavy atom. The molecule has 0 aliphatic carbocycles. The Bertz CT molecular complexity index is 658. The van der Waals surface area contributed by atoms with Crippen LogP contribution in [0.5, 0.6) is 5.75 Å². The lowest BCUT2D eigenvalue weighted by Gasteiger charge is -2.08. The number of benzene rings is 2. The van der Waals surface area contributed by atoms with Crippen LogP contribution in [0, 0.1) is 0 Å². The average Bonchev–Trinajstić information content (AvgIpc) is 2.52. The maximum absolute atomic E-state index is 12.1. The van der Waals surface area contributed by atoms with E-state index in [4.69, 9.17) is 0 Å². The zero-order chi connectivity index (χ0) is 16.7. The molecule has 0 heterocycles. The van der Waals surface area contributed by atoms with Crippen LogP contribution in [0.2, 0.25) is 0 Å². The van der Waals surface area contributed by atoms with Crippen molar-refractivity contribution in [2.75, 3.05) is 0 Å². The summed E-state index contributed by atoms with van der Waals surface area (Å²) in [7, 11) is 0. The van der Waals surface area contributed by atoms with Crippen molar-refractivity contribution in [2.45, 2.75) is 19.2 Å². The van der Waals surface area contributed by atoms with Gasteiger partial charge in [-0.15, -0.1) is 19.8 Å². The summed E-state index contributed by atoms with van der Waals surface area (Å²) in [4.78, 5) is 4.23. The van der Waals surface area contributed by atoms with Gasteiger partial charge in [-0.1, -0.05) is 30.3 Å². The van der Waals surface area contributed by atoms with Gasteiger partial charge in [0.05, 0.1) is 5.69 Å². The zero-order valence-corrected chi connectivity index (χ0v) is 12.4. The van der Waals surface area contributed by atoms with E-state index in [1.54, 1.807) is 6.21 Å². The largest absolute Gasteiger partial charge is 0.573 e. The molecule has 2 nitrogen and oxygen atoms in total. The summed E-state index contributed by atoms with van der Waals surface area (Å²) >= 11 is 0. The lowest BCUT2D eigenvalue weighted by molar-refractivity contribution is -0.274. The summed E-state index contributed by atoms with van der Waals surface area (Å²) in [6.45, 7) is 3.69. The van der Waals surface area contributed by atoms with Gasteiger partial charge in [0.1, 0.15) is 5.75 Å². The molecule has 2 aromatic rings. The van der Waals surface area contributed by atoms with E-state index in [0.29, 0.717) is 5.69 Å². The molecule has 0 amide bonds. The fraction of sp³-hybridized carbons (Fsp3) is 0.167. The topological polar surface area (TPSA) is 21.6 Å². The highest BCUT2D eigenvalue weighted by Gasteiger charge is 2.30. The molecule has 2 rings (SSSR count). The number of nitrogens with zero attached hydrogens (tertiary/aromatic N) is 1. The predicted octanol–water partition coefficient (Wildman–Crippen LogP) is 5.45. The van der Waals surface area contributed by atoms with Crippen LogP contribution >= 0.6 is 0 Å². The molecule has 0 radical (unpaired) electrons. The molecule has 0 bridgehead atoms. The maximum Gasteiger partial charge on any atom is 0.573 e. The molecule has 0 fully saturated rings. The third-order valence-electron chi connectivity index (χ3n) is 3.05. The molecule has 0 aliphatic rings. The highest BCUT2D eigenvalue weighted by atomic mass is 19.4. The molecule has 0 atom stereocenters. The summed E-state index contributed by atoms with van der Waals surface area (Å²) in [5.74, 6) is -0.261. The first kappa shape index (κ1) is 16.8. The van der Waals surface area contributed by atoms with Crippen LogP contribution < -0.4 is 4.74 Å². The Morgan fingerprint density at radius 3 is 2.22 bits per heavy atom. The van der Waals surface area contributed by atoms with Gasteiger partial charge in [0.25, 0.3) is 0 Å². The van der Waals surface area contributed by atoms with E-state index < -0.39 is 6.36 Å². The first-order valence-corrected chi connectivity index (χ1v) is 7.06. The lowest BCUT2D eigenvalue weighted by atomic mass is 10.1. The number of halogens is 3. The van der Waals surface area contributed by atoms with Crippen LogP contribution in [0.1, 0.15) is 17.5 Å². The monoisotopic (exact) mass is 319 g/mol. The Labute approximate surface area is 132 Å². The van der Waals surface area contributed by atoms with Crippen molar-refractivity contribution in [3.05, 3.63) is 72.3 Å². The summed E-state index contributed by atoms with van der Waals surface area (Å²) < 4.78 is 40.0. The lowest BCUT2D eigenvalue weighted by Crippen LogP contribution is -2.16. The molecule has 0 unspecified atom stereocenters. The van der Waals surface area contributed by atoms with Crippen LogP contribution in [0.15, 0.2) is 66.2 Å². The van der Waals surface area contributed by atoms with Gasteiger partial charge < -0.3 is 4.74 Å². The van der Waals surface area contributed by atoms with Crippen molar-refractivity contribution in [1.29, 1.82) is 0 Å². The van der Waals surface area contributed by atoms with E-state index in [0.717, 1.165) is 18.4 Å². The first-order valence-electron chi connectivity index (χ1n) is 7.06. The van der Waals surface area contributed by atoms with E-state index in [9.17, 15) is 13.2 Å². The van der Waals surface area contributed by atoms with Gasteiger partial charge in [0.2, 0.25) is 0 Å². The molecular weight excluding hydrogens is 303 g/mol. The highest BCUT2D eigenvalue weighted by Crippen LogP contribution is 2.24. The molecule has 23 heavy (non-hydrogen) atoms. The van der Waals surface area contributed by atoms with Gasteiger partial charge in [-0.3, -0.25) is 4.99 Å². The number of hydrogen-bond donors (Lipinski definition) is 0. The summed E-state index contributed by atoms with van der Waals surface area (Å²) in [6, 6.07) is 13.3. The van der Waals surface area contributed by atoms with Crippen LogP contribution in [-0.2, 0) is 6.42 Å². The molecule has 0 aromatic heterocycles. The second kappa shape index (κ2) is 7.63. The van der Waals surface area contributed by atoms with Gasteiger partial charge in [-0.25, -0.2) is 0 Å². The van der Waals surface area contributed by atoms with E-state index in [-0.39, 0.29) is 5.75 Å². The standard InChI is InChI=1S/C18H16F3NO/c1-2-3-4-14-5-7-15(8-6-14)13-22-16-9-11-17(12-10-16)23-18(19,20)21/h2,5-13H,1,3-4H2. The summed E-state index contributed by atoms with van der Waals surface area (Å²) in [6.07, 6.45) is 0.734. The molecule has 0 aliphatic heterocycles. The minimum atomic E-state index is -4.68. The Morgan fingerprint density at radius 2 is 1.65 bits per heavy atom. The number of aryl methyl sites for hydroxylation is 1. The number of alkyl halides is 3. The van der Waals surface area contributed by atoms with E-state index in [1.807, 2.05) is 30.3 Å². The van der Waals surface area contributed by atoms with Crippen molar-refractivity contribution < 1.29 is 17.9 Å². The van der Waals surface area contributed by atoms with Crippen molar-refractivity contribution in [1.82, 2.24) is 0 Å². The van der Waals surface area contributed by atoms with Crippen LogP contribution in [-0.4, -0.2) is 12.6 Å². The Balaban J connectivity index is 1.98. The number of ether oxygens (including phenoxy) is 1. The first-order chi connectivity index (χ1) is 11.0. The fourth-order valence-corrected chi connectivity index (χ4v) is 1.92. The number of hydrogen-bond acceptors (Lipinski definition) is 2. The summed E-state index contributed by atoms with van der Waals surface area (Å²) in [5.41, 5.74) is 2.69. The maximum atomic E-state index is 12.1. The predicted molar refractivity (Wildman–Crippen MR) is 85.3 cm³/mol. The van der Waals surface area contributed by atoms with Crippen LogP contribution in [0.3, 0.4) is 0 Å². The van der Waals surface area contributed by atoms with Crippen molar-refractivity contribution in [3.8, 4) is 5.75 Å². The molecule has 0 N–H and O–H groups in total. The van der Waals surface area contributed by atoms with Crippen molar-refractivity contribution in [2.24, 2.45) is 4.99 Å². The second-order valence-electron chi connectivity index (χ2n) is 4.87. The van der Waals surface area contributed by atoms with Gasteiger partial charge in [-0.2, -0.15) is 0 Å². The SMILES string of the molecule is C=CCCc1ccc(C=Nc2ccc(OC(F)(F)F)cc2)cc1. The van der Waals surface area contributed by atoms with Crippen LogP contribution in [0.25, 0.3) is 0 Å². The molecule has 120 valence electrons. The molecular formula is C18H16F3NO. The number of allylic oxidation sites excluding steroid dienone is 1. The van der Waals surface area contributed by atoms with E-state index in [1.165, 1.54) is 29.8 Å². The number of aliphatic imine (C=N–C) groups is 1. The van der Waals surface area contributed by atoms with E-state index in [2.05, 4.69) is 16.3 Å². The number of rotatable bonds is 6. The van der Waals surface area contributed by atoms with E-state index >= 15 is 0 Å². The molecule has 5 heteroatoms. The zero-order valence-electron chi connectivity index (χ0n) is 12.4. The highest BCUT2D eigenvalue weighted by molar-refractivity contribution is 5.81. The third kappa shape index (κ3) is 5.98. The summed E-state index contributed by atoms with van der Waals surface area (Å²) in [5, 5.41) is 0. The Kier molecular flexibility index (Phi) is 5.57. The average molecular weight is 319 g/mol. The minimum Gasteiger partial charge on any atom is -0.406 e. The smallest absolute Gasteiger partial charge is 0.406 e. The van der Waals surface area contributed by atoms with Gasteiger partial charge in [-0.05, 0) is 48.2 Å². The van der Waals surface area contributed by atoms with Gasteiger partial charge in [0.15, 0.2) is 0 Å². The Hall–Kier alpha value is -2.56. The van der Waals surface area contributed by atoms with Crippen molar-refractivity contribution in [3.63, 3.8) is 0 Å². The molecule has 0 saturated heterocycles.